The van der Waals surface area contributed by atoms with Crippen LogP contribution in [0.4, 0.5) is 17.1 Å². The van der Waals surface area contributed by atoms with E-state index in [9.17, 15) is 4.79 Å². The van der Waals surface area contributed by atoms with E-state index in [0.29, 0.717) is 6.42 Å². The number of carbonyl (C=O) groups excluding carboxylic acids is 1. The molecule has 2 aliphatic rings. The van der Waals surface area contributed by atoms with Crippen LogP contribution in [0.25, 0.3) is 0 Å². The van der Waals surface area contributed by atoms with Crippen LogP contribution < -0.4 is 16.0 Å². The third kappa shape index (κ3) is 2.45. The predicted molar refractivity (Wildman–Crippen MR) is 82.1 cm³/mol. The van der Waals surface area contributed by atoms with Crippen LogP contribution in [0, 0.1) is 0 Å². The summed E-state index contributed by atoms with van der Waals surface area (Å²) in [5.74, 6) is 0.101. The summed E-state index contributed by atoms with van der Waals surface area (Å²) in [6, 6.07) is 4.07. The molecule has 1 aromatic rings. The number of nitrogens with one attached hydrogen (secondary N) is 1. The molecule has 0 bridgehead atoms. The Labute approximate surface area is 119 Å². The molecule has 0 aliphatic carbocycles. The van der Waals surface area contributed by atoms with E-state index >= 15 is 0 Å². The molecule has 20 heavy (non-hydrogen) atoms. The summed E-state index contributed by atoms with van der Waals surface area (Å²) >= 11 is 0. The van der Waals surface area contributed by atoms with Crippen LogP contribution in [0.15, 0.2) is 12.1 Å². The van der Waals surface area contributed by atoms with Crippen LogP contribution >= 0.6 is 0 Å². The Bertz CT molecular complexity index is 521. The smallest absolute Gasteiger partial charge is 0.224 e. The highest BCUT2D eigenvalue weighted by Gasteiger charge is 2.21. The molecule has 0 radical (unpaired) electrons. The molecule has 3 N–H and O–H groups in total. The molecule has 5 nitrogen and oxygen atoms in total. The number of amides is 1. The second kappa shape index (κ2) is 5.32. The molecule has 0 spiro atoms. The summed E-state index contributed by atoms with van der Waals surface area (Å²) in [7, 11) is 0. The largest absolute Gasteiger partial charge is 0.397 e. The van der Waals surface area contributed by atoms with Crippen molar-refractivity contribution in [2.45, 2.75) is 19.8 Å². The maximum absolute atomic E-state index is 11.5. The highest BCUT2D eigenvalue weighted by Crippen LogP contribution is 2.33. The highest BCUT2D eigenvalue weighted by molar-refractivity contribution is 5.95. The summed E-state index contributed by atoms with van der Waals surface area (Å²) in [6.45, 7) is 7.41. The third-order valence-electron chi connectivity index (χ3n) is 4.31. The topological polar surface area (TPSA) is 61.6 Å². The number of carbonyl (C=O) groups is 1. The number of hydrogen-bond acceptors (Lipinski definition) is 4. The molecule has 0 aromatic heterocycles. The first-order chi connectivity index (χ1) is 9.67. The van der Waals surface area contributed by atoms with Gasteiger partial charge >= 0.3 is 0 Å². The fraction of sp³-hybridized carbons (Fsp3) is 0.533. The molecule has 0 saturated carbocycles. The zero-order valence-electron chi connectivity index (χ0n) is 12.0. The van der Waals surface area contributed by atoms with E-state index < -0.39 is 0 Å². The average molecular weight is 274 g/mol. The molecule has 2 heterocycles. The number of nitrogen functional groups attached to an aromatic ring is 1. The van der Waals surface area contributed by atoms with Crippen molar-refractivity contribution in [3.63, 3.8) is 0 Å². The van der Waals surface area contributed by atoms with Gasteiger partial charge in [-0.25, -0.2) is 0 Å². The van der Waals surface area contributed by atoms with Gasteiger partial charge in [0.15, 0.2) is 0 Å². The van der Waals surface area contributed by atoms with E-state index in [1.54, 1.807) is 0 Å². The van der Waals surface area contributed by atoms with Gasteiger partial charge in [0, 0.05) is 38.3 Å². The zero-order valence-corrected chi connectivity index (χ0v) is 12.0. The van der Waals surface area contributed by atoms with Crippen molar-refractivity contribution in [2.75, 3.05) is 48.7 Å². The highest BCUT2D eigenvalue weighted by atomic mass is 16.1. The molecule has 0 unspecified atom stereocenters. The first-order valence-corrected chi connectivity index (χ1v) is 7.37. The van der Waals surface area contributed by atoms with E-state index in [-0.39, 0.29) is 5.91 Å². The first kappa shape index (κ1) is 13.2. The Morgan fingerprint density at radius 1 is 1.20 bits per heavy atom. The Kier molecular flexibility index (Phi) is 3.53. The number of nitrogens with two attached hydrogens (primary N) is 1. The van der Waals surface area contributed by atoms with Gasteiger partial charge in [-0.15, -0.1) is 0 Å². The quantitative estimate of drug-likeness (QED) is 0.798. The average Bonchev–Trinajstić information content (AvgIpc) is 2.47. The minimum atomic E-state index is 0.101. The number of benzene rings is 1. The fourth-order valence-corrected chi connectivity index (χ4v) is 3.02. The minimum Gasteiger partial charge on any atom is -0.397 e. The SMILES string of the molecule is CCN1CCN(c2cc3c(cc2N)CCC(=O)N3)CC1. The number of piperazine rings is 1. The third-order valence-corrected chi connectivity index (χ3v) is 4.31. The van der Waals surface area contributed by atoms with Crippen LogP contribution in [-0.4, -0.2) is 43.5 Å². The molecule has 5 heteroatoms. The van der Waals surface area contributed by atoms with E-state index in [1.165, 1.54) is 0 Å². The lowest BCUT2D eigenvalue weighted by Crippen LogP contribution is -2.46. The second-order valence-corrected chi connectivity index (χ2v) is 5.54. The number of likely N-dealkylation sites (N-methyl/N-ethyl adjacent to an activating group) is 1. The van der Waals surface area contributed by atoms with Crippen LogP contribution in [0.1, 0.15) is 18.9 Å². The summed E-state index contributed by atoms with van der Waals surface area (Å²) < 4.78 is 0. The van der Waals surface area contributed by atoms with Crippen molar-refractivity contribution in [2.24, 2.45) is 0 Å². The van der Waals surface area contributed by atoms with Gasteiger partial charge in [-0.3, -0.25) is 4.79 Å². The van der Waals surface area contributed by atoms with E-state index in [0.717, 1.165) is 61.8 Å². The van der Waals surface area contributed by atoms with E-state index in [4.69, 9.17) is 5.73 Å². The van der Waals surface area contributed by atoms with Crippen LogP contribution in [0.2, 0.25) is 0 Å². The molecule has 1 amide bonds. The molecule has 2 aliphatic heterocycles. The molecule has 1 fully saturated rings. The van der Waals surface area contributed by atoms with Crippen LogP contribution in [0.5, 0.6) is 0 Å². The molecule has 3 rings (SSSR count). The Morgan fingerprint density at radius 3 is 2.65 bits per heavy atom. The molecule has 1 saturated heterocycles. The van der Waals surface area contributed by atoms with E-state index in [1.807, 2.05) is 12.1 Å². The van der Waals surface area contributed by atoms with E-state index in [2.05, 4.69) is 22.0 Å². The lowest BCUT2D eigenvalue weighted by Gasteiger charge is -2.36. The number of hydrogen-bond donors (Lipinski definition) is 2. The number of rotatable bonds is 2. The van der Waals surface area contributed by atoms with Crippen molar-refractivity contribution in [3.05, 3.63) is 17.7 Å². The Balaban J connectivity index is 1.83. The summed E-state index contributed by atoms with van der Waals surface area (Å²) in [5, 5.41) is 2.95. The zero-order chi connectivity index (χ0) is 14.1. The van der Waals surface area contributed by atoms with Gasteiger partial charge in [-0.2, -0.15) is 0 Å². The van der Waals surface area contributed by atoms with Crippen LogP contribution in [-0.2, 0) is 11.2 Å². The van der Waals surface area contributed by atoms with Gasteiger partial charge in [0.2, 0.25) is 5.91 Å². The molecule has 1 aromatic carbocycles. The normalized spacial score (nSPS) is 19.6. The number of anilines is 3. The standard InChI is InChI=1S/C15H22N4O/c1-2-18-5-7-19(8-6-18)14-10-13-11(9-12(14)16)3-4-15(20)17-13/h9-10H,2-8,16H2,1H3,(H,17,20). The van der Waals surface area contributed by atoms with Gasteiger partial charge in [0.1, 0.15) is 0 Å². The maximum Gasteiger partial charge on any atom is 0.224 e. The molecular formula is C15H22N4O. The van der Waals surface area contributed by atoms with Gasteiger partial charge in [0.25, 0.3) is 0 Å². The van der Waals surface area contributed by atoms with Crippen molar-refractivity contribution in [1.82, 2.24) is 4.90 Å². The first-order valence-electron chi connectivity index (χ1n) is 7.37. The van der Waals surface area contributed by atoms with Gasteiger partial charge in [-0.05, 0) is 30.7 Å². The van der Waals surface area contributed by atoms with Crippen molar-refractivity contribution in [1.29, 1.82) is 0 Å². The molecule has 108 valence electrons. The fourth-order valence-electron chi connectivity index (χ4n) is 3.02. The summed E-state index contributed by atoms with van der Waals surface area (Å²) in [6.07, 6.45) is 1.34. The Hall–Kier alpha value is -1.75. The number of aryl methyl sites for hydroxylation is 1. The molecular weight excluding hydrogens is 252 g/mol. The Morgan fingerprint density at radius 2 is 1.95 bits per heavy atom. The predicted octanol–water partition coefficient (Wildman–Crippen LogP) is 1.30. The lowest BCUT2D eigenvalue weighted by atomic mass is 10.0. The van der Waals surface area contributed by atoms with Gasteiger partial charge in [-0.1, -0.05) is 6.92 Å². The lowest BCUT2D eigenvalue weighted by molar-refractivity contribution is -0.116. The number of fused-ring (bicyclic) bond motifs is 1. The minimum absolute atomic E-state index is 0.101. The van der Waals surface area contributed by atoms with Crippen LogP contribution in [0.3, 0.4) is 0 Å². The monoisotopic (exact) mass is 274 g/mol. The van der Waals surface area contributed by atoms with Crippen molar-refractivity contribution >= 4 is 23.0 Å². The van der Waals surface area contributed by atoms with Gasteiger partial charge < -0.3 is 20.9 Å². The van der Waals surface area contributed by atoms with Crippen molar-refractivity contribution < 1.29 is 4.79 Å². The summed E-state index contributed by atoms with van der Waals surface area (Å²) in [5.41, 5.74) is 10.2. The maximum atomic E-state index is 11.5. The molecule has 0 atom stereocenters. The second-order valence-electron chi connectivity index (χ2n) is 5.54. The van der Waals surface area contributed by atoms with Gasteiger partial charge in [0.05, 0.1) is 11.4 Å². The number of nitrogens with zero attached hydrogens (tertiary/aromatic N) is 2. The van der Waals surface area contributed by atoms with Crippen molar-refractivity contribution in [3.8, 4) is 0 Å². The summed E-state index contributed by atoms with van der Waals surface area (Å²) in [4.78, 5) is 16.3.